The molecular weight excluding hydrogens is 496 g/mol. The van der Waals surface area contributed by atoms with E-state index < -0.39 is 29.2 Å². The molecule has 1 fully saturated rings. The molecule has 15 heteroatoms. The number of oxime groups is 1. The van der Waals surface area contributed by atoms with Crippen molar-refractivity contribution in [3.05, 3.63) is 53.1 Å². The van der Waals surface area contributed by atoms with Crippen LogP contribution in [0.4, 0.5) is 5.13 Å². The number of aromatic nitrogens is 4. The second kappa shape index (κ2) is 8.99. The van der Waals surface area contributed by atoms with Crippen molar-refractivity contribution in [1.29, 1.82) is 0 Å². The zero-order valence-electron chi connectivity index (χ0n) is 18.2. The second-order valence-corrected chi connectivity index (χ2v) is 9.55. The highest BCUT2D eigenvalue weighted by Gasteiger charge is 2.53. The van der Waals surface area contributed by atoms with Gasteiger partial charge in [0.25, 0.3) is 11.8 Å². The highest BCUT2D eigenvalue weighted by atomic mass is 32.2. The minimum Gasteiger partial charge on any atom is -0.543 e. The zero-order chi connectivity index (χ0) is 24.7. The number of carboxylic acids is 1. The Morgan fingerprint density at radius 2 is 2.26 bits per heavy atom. The van der Waals surface area contributed by atoms with E-state index in [4.69, 9.17) is 10.6 Å². The number of pyridine rings is 1. The Balaban J connectivity index is 1.37. The summed E-state index contributed by atoms with van der Waals surface area (Å²) in [5, 5.41) is 23.8. The Bertz CT molecular complexity index is 1410. The number of carboxylic acid groups (broad SMARTS) is 1. The molecule has 2 amide bonds. The van der Waals surface area contributed by atoms with Crippen LogP contribution in [-0.2, 0) is 25.8 Å². The average molecular weight is 515 g/mol. The summed E-state index contributed by atoms with van der Waals surface area (Å²) in [4.78, 5) is 47.8. The molecule has 35 heavy (non-hydrogen) atoms. The molecule has 5 heterocycles. The smallest absolute Gasteiger partial charge is 0.308 e. The number of nitrogens with one attached hydrogen (secondary N) is 1. The molecule has 2 aliphatic rings. The van der Waals surface area contributed by atoms with Gasteiger partial charge >= 0.3 is 5.65 Å². The molecule has 0 aliphatic carbocycles. The largest absolute Gasteiger partial charge is 0.543 e. The van der Waals surface area contributed by atoms with Gasteiger partial charge in [0.15, 0.2) is 10.8 Å². The van der Waals surface area contributed by atoms with Gasteiger partial charge in [0.05, 0.1) is 11.7 Å². The van der Waals surface area contributed by atoms with E-state index in [0.717, 1.165) is 21.9 Å². The molecule has 3 aromatic heterocycles. The number of thiazole rings is 1. The summed E-state index contributed by atoms with van der Waals surface area (Å²) in [6.07, 6.45) is 3.37. The summed E-state index contributed by atoms with van der Waals surface area (Å²) in [5.41, 5.74) is 6.78. The zero-order valence-corrected chi connectivity index (χ0v) is 19.8. The number of thioether (sulfide) groups is 1. The number of hydrogen-bond donors (Lipinski definition) is 2. The van der Waals surface area contributed by atoms with Gasteiger partial charge in [-0.25, -0.2) is 9.55 Å². The first-order valence-corrected chi connectivity index (χ1v) is 12.1. The van der Waals surface area contributed by atoms with Crippen molar-refractivity contribution in [2.45, 2.75) is 18.0 Å². The molecule has 0 aromatic carbocycles. The second-order valence-electron chi connectivity index (χ2n) is 7.56. The topological polar surface area (TPSA) is 172 Å². The van der Waals surface area contributed by atoms with Crippen LogP contribution < -0.4 is 20.7 Å². The van der Waals surface area contributed by atoms with Crippen molar-refractivity contribution in [2.75, 3.05) is 18.6 Å². The fourth-order valence-corrected chi connectivity index (χ4v) is 5.83. The number of anilines is 1. The van der Waals surface area contributed by atoms with Crippen molar-refractivity contribution in [3.8, 4) is 0 Å². The lowest BCUT2D eigenvalue weighted by molar-refractivity contribution is -0.577. The standard InChI is InChI=1S/C20H18N8O5S2/c1-33-25-13(11-8-35-20(21)23-11)16(29)24-14-17(30)28-15(19(31)32)10(7-34-18(14)28)6-26-9-22-27-5-3-2-4-12(26)27/h2-5,8-9,14,18H,6-7H2,1H3,(H3-,21,23,24,29,31,32)/b25-13-/t14-,18-/m1/s1. The molecule has 0 unspecified atom stereocenters. The Morgan fingerprint density at radius 3 is 2.97 bits per heavy atom. The van der Waals surface area contributed by atoms with Crippen molar-refractivity contribution < 1.29 is 28.8 Å². The van der Waals surface area contributed by atoms with Crippen molar-refractivity contribution in [3.63, 3.8) is 0 Å². The molecule has 180 valence electrons. The van der Waals surface area contributed by atoms with Gasteiger partial charge in [0, 0.05) is 22.8 Å². The van der Waals surface area contributed by atoms with Crippen LogP contribution in [0, 0.1) is 0 Å². The van der Waals surface area contributed by atoms with Crippen molar-refractivity contribution in [2.24, 2.45) is 5.16 Å². The maximum atomic E-state index is 13.0. The Morgan fingerprint density at radius 1 is 1.43 bits per heavy atom. The van der Waals surface area contributed by atoms with Gasteiger partial charge in [0.1, 0.15) is 37.0 Å². The summed E-state index contributed by atoms with van der Waals surface area (Å²) >= 11 is 2.47. The van der Waals surface area contributed by atoms with Gasteiger partial charge in [-0.3, -0.25) is 14.5 Å². The van der Waals surface area contributed by atoms with Crippen molar-refractivity contribution in [1.82, 2.24) is 24.9 Å². The fourth-order valence-electron chi connectivity index (χ4n) is 3.95. The first-order valence-electron chi connectivity index (χ1n) is 10.2. The van der Waals surface area contributed by atoms with Crippen LogP contribution in [0.3, 0.4) is 0 Å². The number of amides is 2. The Kier molecular flexibility index (Phi) is 5.86. The van der Waals surface area contributed by atoms with Crippen LogP contribution in [-0.4, -0.2) is 67.3 Å². The molecular formula is C20H18N8O5S2. The van der Waals surface area contributed by atoms with Crippen LogP contribution in [0.5, 0.6) is 0 Å². The first-order chi connectivity index (χ1) is 16.9. The van der Waals surface area contributed by atoms with Gasteiger partial charge < -0.3 is 25.8 Å². The van der Waals surface area contributed by atoms with E-state index >= 15 is 0 Å². The molecule has 0 radical (unpaired) electrons. The summed E-state index contributed by atoms with van der Waals surface area (Å²) in [5.74, 6) is -2.39. The number of nitrogen functional groups attached to an aromatic ring is 1. The van der Waals surface area contributed by atoms with E-state index in [-0.39, 0.29) is 28.8 Å². The number of nitrogens with two attached hydrogens (primary N) is 1. The highest BCUT2D eigenvalue weighted by molar-refractivity contribution is 8.00. The molecule has 1 saturated heterocycles. The minimum atomic E-state index is -1.46. The van der Waals surface area contributed by atoms with Gasteiger partial charge in [0.2, 0.25) is 6.33 Å². The number of carbonyl (C=O) groups excluding carboxylic acids is 3. The lowest BCUT2D eigenvalue weighted by Crippen LogP contribution is -2.71. The predicted octanol–water partition coefficient (Wildman–Crippen LogP) is -1.88. The number of aliphatic carboxylic acids is 1. The summed E-state index contributed by atoms with van der Waals surface area (Å²) in [7, 11) is 1.27. The predicted molar refractivity (Wildman–Crippen MR) is 123 cm³/mol. The van der Waals surface area contributed by atoms with Gasteiger partial charge in [-0.2, -0.15) is 0 Å². The molecule has 2 aliphatic heterocycles. The van der Waals surface area contributed by atoms with Crippen molar-refractivity contribution >= 4 is 57.4 Å². The SMILES string of the molecule is CO/N=C(\C(=O)N[C@@H]1C(=O)N2C(C(=O)[O-])=C(Cn3cn[n+]4ccccc34)CS[C@H]12)c1csc(N)n1. The average Bonchev–Trinajstić information content (AvgIpc) is 3.46. The lowest BCUT2D eigenvalue weighted by Gasteiger charge is -2.50. The Labute approximate surface area is 205 Å². The minimum absolute atomic E-state index is 0.145. The van der Waals surface area contributed by atoms with Gasteiger partial charge in [-0.1, -0.05) is 11.2 Å². The van der Waals surface area contributed by atoms with E-state index in [0.29, 0.717) is 11.3 Å². The molecule has 13 nitrogen and oxygen atoms in total. The molecule has 5 rings (SSSR count). The lowest BCUT2D eigenvalue weighted by atomic mass is 10.0. The van der Waals surface area contributed by atoms with Crippen LogP contribution >= 0.6 is 23.1 Å². The third-order valence-electron chi connectivity index (χ3n) is 5.48. The first kappa shape index (κ1) is 22.8. The summed E-state index contributed by atoms with van der Waals surface area (Å²) in [6, 6.07) is 4.57. The summed E-state index contributed by atoms with van der Waals surface area (Å²) < 4.78 is 3.45. The number of hydrogen-bond acceptors (Lipinski definition) is 11. The van der Waals surface area contributed by atoms with E-state index in [1.54, 1.807) is 27.0 Å². The normalized spacial score (nSPS) is 20.0. The molecule has 0 saturated carbocycles. The maximum absolute atomic E-state index is 13.0. The highest BCUT2D eigenvalue weighted by Crippen LogP contribution is 2.40. The molecule has 0 spiro atoms. The number of β-lactam (4-membered cyclic amide) rings is 1. The van der Waals surface area contributed by atoms with Crippen LogP contribution in [0.2, 0.25) is 0 Å². The van der Waals surface area contributed by atoms with E-state index in [2.05, 4.69) is 20.6 Å². The molecule has 2 atom stereocenters. The van der Waals surface area contributed by atoms with Crippen LogP contribution in [0.25, 0.3) is 5.65 Å². The van der Waals surface area contributed by atoms with Gasteiger partial charge in [-0.15, -0.1) is 27.6 Å². The number of rotatable bonds is 7. The van der Waals surface area contributed by atoms with E-state index in [1.165, 1.54) is 18.9 Å². The monoisotopic (exact) mass is 514 g/mol. The fraction of sp³-hybridized carbons (Fsp3) is 0.250. The molecule has 3 aromatic rings. The van der Waals surface area contributed by atoms with Gasteiger partial charge in [-0.05, 0) is 11.2 Å². The number of nitrogens with zero attached hydrogens (tertiary/aromatic N) is 6. The molecule has 3 N–H and O–H groups in total. The third-order valence-corrected chi connectivity index (χ3v) is 7.49. The maximum Gasteiger partial charge on any atom is 0.308 e. The number of fused-ring (bicyclic) bond motifs is 2. The van der Waals surface area contributed by atoms with E-state index in [1.807, 2.05) is 18.2 Å². The Hall–Kier alpha value is -3.98. The third kappa shape index (κ3) is 3.97. The summed E-state index contributed by atoms with van der Waals surface area (Å²) in [6.45, 7) is 0.216. The van der Waals surface area contributed by atoms with E-state index in [9.17, 15) is 19.5 Å². The van der Waals surface area contributed by atoms with Crippen LogP contribution in [0.1, 0.15) is 5.69 Å². The van der Waals surface area contributed by atoms with Crippen LogP contribution in [0.15, 0.2) is 52.5 Å². The molecule has 0 bridgehead atoms. The quantitative estimate of drug-likeness (QED) is 0.158. The number of carbonyl (C=O) groups is 3.